The van der Waals surface area contributed by atoms with Gasteiger partial charge in [-0.15, -0.1) is 0 Å². The van der Waals surface area contributed by atoms with E-state index >= 15 is 0 Å². The Balaban J connectivity index is 2.07. The molecule has 0 aliphatic rings. The quantitative estimate of drug-likeness (QED) is 0.772. The smallest absolute Gasteiger partial charge is 0.251 e. The number of hydrogen-bond acceptors (Lipinski definition) is 4. The minimum atomic E-state index is -0.225. The first-order chi connectivity index (χ1) is 12.4. The summed E-state index contributed by atoms with van der Waals surface area (Å²) >= 11 is 0. The van der Waals surface area contributed by atoms with Crippen LogP contribution in [0.25, 0.3) is 0 Å². The average Bonchev–Trinajstić information content (AvgIpc) is 2.66. The highest BCUT2D eigenvalue weighted by atomic mass is 16.5. The van der Waals surface area contributed by atoms with E-state index in [1.165, 1.54) is 0 Å². The number of carbonyl (C=O) groups is 1. The number of benzene rings is 2. The Hall–Kier alpha value is -2.53. The molecule has 0 aromatic heterocycles. The Kier molecular flexibility index (Phi) is 7.04. The van der Waals surface area contributed by atoms with Gasteiger partial charge >= 0.3 is 0 Å². The van der Waals surface area contributed by atoms with Crippen LogP contribution in [0, 0.1) is 0 Å². The molecule has 0 aliphatic heterocycles. The van der Waals surface area contributed by atoms with Crippen LogP contribution in [0.15, 0.2) is 42.5 Å². The average molecular weight is 357 g/mol. The number of carbonyl (C=O) groups excluding carboxylic acids is 1. The Morgan fingerprint density at radius 1 is 1.00 bits per heavy atom. The molecule has 0 saturated heterocycles. The Morgan fingerprint density at radius 3 is 2.27 bits per heavy atom. The molecular weight excluding hydrogens is 330 g/mol. The van der Waals surface area contributed by atoms with Crippen molar-refractivity contribution in [3.8, 4) is 11.5 Å². The van der Waals surface area contributed by atoms with Crippen LogP contribution < -0.4 is 14.8 Å². The van der Waals surface area contributed by atoms with Gasteiger partial charge in [0.05, 0.1) is 33.0 Å². The number of ether oxygens (including phenoxy) is 3. The summed E-state index contributed by atoms with van der Waals surface area (Å²) in [4.78, 5) is 12.5. The fourth-order valence-electron chi connectivity index (χ4n) is 2.55. The van der Waals surface area contributed by atoms with Gasteiger partial charge in [0.25, 0.3) is 5.91 Å². The van der Waals surface area contributed by atoms with E-state index in [1.54, 1.807) is 14.2 Å². The molecule has 5 heteroatoms. The molecule has 140 valence electrons. The number of rotatable bonds is 8. The second-order valence-corrected chi connectivity index (χ2v) is 6.36. The fraction of sp³-hybridized carbons (Fsp3) is 0.381. The third kappa shape index (κ3) is 5.23. The predicted molar refractivity (Wildman–Crippen MR) is 102 cm³/mol. The highest BCUT2D eigenvalue weighted by Gasteiger charge is 2.16. The molecule has 0 radical (unpaired) electrons. The summed E-state index contributed by atoms with van der Waals surface area (Å²) in [6, 6.07) is 12.7. The molecule has 0 unspecified atom stereocenters. The summed E-state index contributed by atoms with van der Waals surface area (Å²) < 4.78 is 16.2. The Labute approximate surface area is 155 Å². The second kappa shape index (κ2) is 9.25. The van der Waals surface area contributed by atoms with E-state index in [0.717, 1.165) is 16.9 Å². The van der Waals surface area contributed by atoms with Gasteiger partial charge in [0.15, 0.2) is 0 Å². The second-order valence-electron chi connectivity index (χ2n) is 6.36. The van der Waals surface area contributed by atoms with Crippen molar-refractivity contribution in [2.24, 2.45) is 0 Å². The van der Waals surface area contributed by atoms with Crippen LogP contribution in [0.5, 0.6) is 11.5 Å². The van der Waals surface area contributed by atoms with Crippen molar-refractivity contribution < 1.29 is 19.0 Å². The zero-order valence-corrected chi connectivity index (χ0v) is 16.0. The summed E-state index contributed by atoms with van der Waals surface area (Å²) in [6.45, 7) is 6.45. The Bertz CT molecular complexity index is 725. The molecule has 1 amide bonds. The normalized spacial score (nSPS) is 11.9. The van der Waals surface area contributed by atoms with Crippen molar-refractivity contribution in [3.63, 3.8) is 0 Å². The predicted octanol–water partition coefficient (Wildman–Crippen LogP) is 4.12. The first-order valence-corrected chi connectivity index (χ1v) is 8.68. The number of hydrogen-bond donors (Lipinski definition) is 1. The van der Waals surface area contributed by atoms with Crippen LogP contribution in [0.1, 0.15) is 48.3 Å². The van der Waals surface area contributed by atoms with Gasteiger partial charge in [0.1, 0.15) is 11.5 Å². The minimum absolute atomic E-state index is 0.140. The summed E-state index contributed by atoms with van der Waals surface area (Å²) in [6.07, 6.45) is 0.177. The molecule has 0 bridgehead atoms. The highest BCUT2D eigenvalue weighted by Crippen LogP contribution is 2.29. The summed E-state index contributed by atoms with van der Waals surface area (Å²) in [5, 5.41) is 3.00. The summed E-state index contributed by atoms with van der Waals surface area (Å²) in [5.41, 5.74) is 2.51. The maximum Gasteiger partial charge on any atom is 0.251 e. The highest BCUT2D eigenvalue weighted by molar-refractivity contribution is 5.94. The number of nitrogens with one attached hydrogen (secondary N) is 1. The van der Waals surface area contributed by atoms with E-state index in [4.69, 9.17) is 14.2 Å². The van der Waals surface area contributed by atoms with E-state index in [0.29, 0.717) is 17.9 Å². The maximum absolute atomic E-state index is 12.5. The molecular formula is C21H27NO4. The van der Waals surface area contributed by atoms with Crippen molar-refractivity contribution in [2.75, 3.05) is 14.2 Å². The summed E-state index contributed by atoms with van der Waals surface area (Å²) in [5.74, 6) is 1.29. The lowest BCUT2D eigenvalue weighted by molar-refractivity contribution is 0.0656. The monoisotopic (exact) mass is 357 g/mol. The minimum Gasteiger partial charge on any atom is -0.497 e. The first kappa shape index (κ1) is 19.8. The molecule has 1 N–H and O–H groups in total. The lowest BCUT2D eigenvalue weighted by atomic mass is 10.1. The topological polar surface area (TPSA) is 56.8 Å². The van der Waals surface area contributed by atoms with E-state index in [-0.39, 0.29) is 18.1 Å². The third-order valence-corrected chi connectivity index (χ3v) is 4.05. The lowest BCUT2D eigenvalue weighted by Crippen LogP contribution is -2.27. The molecule has 0 spiro atoms. The van der Waals surface area contributed by atoms with Crippen LogP contribution in [-0.4, -0.2) is 26.2 Å². The van der Waals surface area contributed by atoms with Gasteiger partial charge < -0.3 is 19.5 Å². The SMILES string of the molecule is COc1ccc(OC)c([C@@H](C)NC(=O)c2ccc(COC(C)C)cc2)c1. The van der Waals surface area contributed by atoms with Crippen LogP contribution in [0.2, 0.25) is 0 Å². The van der Waals surface area contributed by atoms with Crippen molar-refractivity contribution >= 4 is 5.91 Å². The van der Waals surface area contributed by atoms with Gasteiger partial charge in [-0.05, 0) is 56.7 Å². The van der Waals surface area contributed by atoms with Crippen molar-refractivity contribution in [3.05, 3.63) is 59.2 Å². The van der Waals surface area contributed by atoms with Gasteiger partial charge in [0, 0.05) is 11.1 Å². The largest absolute Gasteiger partial charge is 0.497 e. The van der Waals surface area contributed by atoms with Crippen LogP contribution in [-0.2, 0) is 11.3 Å². The molecule has 2 rings (SSSR count). The zero-order valence-electron chi connectivity index (χ0n) is 16.0. The molecule has 0 aliphatic carbocycles. The molecule has 0 heterocycles. The lowest BCUT2D eigenvalue weighted by Gasteiger charge is -2.18. The van der Waals surface area contributed by atoms with E-state index in [2.05, 4.69) is 5.32 Å². The van der Waals surface area contributed by atoms with Crippen molar-refractivity contribution in [1.29, 1.82) is 0 Å². The van der Waals surface area contributed by atoms with Crippen molar-refractivity contribution in [2.45, 2.75) is 39.5 Å². The van der Waals surface area contributed by atoms with E-state index < -0.39 is 0 Å². The van der Waals surface area contributed by atoms with E-state index in [9.17, 15) is 4.79 Å². The molecule has 0 saturated carbocycles. The fourth-order valence-corrected chi connectivity index (χ4v) is 2.55. The molecule has 5 nitrogen and oxygen atoms in total. The molecule has 2 aromatic rings. The number of methoxy groups -OCH3 is 2. The molecule has 0 fully saturated rings. The molecule has 1 atom stereocenters. The Morgan fingerprint density at radius 2 is 1.69 bits per heavy atom. The van der Waals surface area contributed by atoms with Gasteiger partial charge in [-0.25, -0.2) is 0 Å². The standard InChI is InChI=1S/C21H27NO4/c1-14(2)26-13-16-6-8-17(9-7-16)21(23)22-15(3)19-12-18(24-4)10-11-20(19)25-5/h6-12,14-15H,13H2,1-5H3,(H,22,23)/t15-/m1/s1. The van der Waals surface area contributed by atoms with Crippen LogP contribution in [0.4, 0.5) is 0 Å². The summed E-state index contributed by atoms with van der Waals surface area (Å²) in [7, 11) is 3.22. The van der Waals surface area contributed by atoms with E-state index in [1.807, 2.05) is 63.2 Å². The van der Waals surface area contributed by atoms with Crippen LogP contribution in [0.3, 0.4) is 0 Å². The van der Waals surface area contributed by atoms with Gasteiger partial charge in [-0.1, -0.05) is 12.1 Å². The van der Waals surface area contributed by atoms with Gasteiger partial charge in [0.2, 0.25) is 0 Å². The molecule has 26 heavy (non-hydrogen) atoms. The molecule has 2 aromatic carbocycles. The van der Waals surface area contributed by atoms with Gasteiger partial charge in [-0.2, -0.15) is 0 Å². The third-order valence-electron chi connectivity index (χ3n) is 4.05. The zero-order chi connectivity index (χ0) is 19.1. The first-order valence-electron chi connectivity index (χ1n) is 8.68. The maximum atomic E-state index is 12.5. The van der Waals surface area contributed by atoms with Gasteiger partial charge in [-0.3, -0.25) is 4.79 Å². The number of amides is 1. The van der Waals surface area contributed by atoms with Crippen LogP contribution >= 0.6 is 0 Å². The van der Waals surface area contributed by atoms with Crippen molar-refractivity contribution in [1.82, 2.24) is 5.32 Å².